The molecule has 1 aliphatic rings. The second-order valence-corrected chi connectivity index (χ2v) is 4.91. The van der Waals surface area contributed by atoms with Gasteiger partial charge in [-0.2, -0.15) is 0 Å². The summed E-state index contributed by atoms with van der Waals surface area (Å²) in [4.78, 5) is 4.49. The van der Waals surface area contributed by atoms with Crippen molar-refractivity contribution < 1.29 is 9.47 Å². The molecule has 0 bridgehead atoms. The van der Waals surface area contributed by atoms with Gasteiger partial charge in [0.15, 0.2) is 0 Å². The lowest BCUT2D eigenvalue weighted by molar-refractivity contribution is -0.0975. The molecule has 2 aromatic rings. The summed E-state index contributed by atoms with van der Waals surface area (Å²) in [5.41, 5.74) is 9.35. The van der Waals surface area contributed by atoms with Crippen molar-refractivity contribution in [3.05, 3.63) is 41.6 Å². The van der Waals surface area contributed by atoms with Crippen LogP contribution in [0.2, 0.25) is 0 Å². The number of hydrogen-bond donors (Lipinski definition) is 1. The van der Waals surface area contributed by atoms with Crippen LogP contribution in [0, 0.1) is 6.92 Å². The number of aromatic nitrogens is 1. The Labute approximate surface area is 112 Å². The minimum atomic E-state index is -0.161. The normalized spacial score (nSPS) is 21.5. The topological polar surface area (TPSA) is 57.4 Å². The standard InChI is InChI=1S/C15H18N2O2/c1-10-2-3-11-8-12(4-5-13(11)17-10)15(16)14-9-18-6-7-19-14/h2-5,8,14-15H,6-7,9,16H2,1H3. The predicted molar refractivity (Wildman–Crippen MR) is 74.0 cm³/mol. The first kappa shape index (κ1) is 12.5. The van der Waals surface area contributed by atoms with Gasteiger partial charge in [0.1, 0.15) is 6.10 Å². The number of ether oxygens (including phenoxy) is 2. The van der Waals surface area contributed by atoms with Crippen LogP contribution in [0.25, 0.3) is 10.9 Å². The second-order valence-electron chi connectivity index (χ2n) is 4.91. The van der Waals surface area contributed by atoms with Gasteiger partial charge in [-0.25, -0.2) is 0 Å². The third kappa shape index (κ3) is 2.61. The summed E-state index contributed by atoms with van der Waals surface area (Å²) in [7, 11) is 0. The van der Waals surface area contributed by atoms with Gasteiger partial charge in [0.2, 0.25) is 0 Å². The van der Waals surface area contributed by atoms with Crippen LogP contribution in [0.15, 0.2) is 30.3 Å². The molecule has 2 unspecified atom stereocenters. The van der Waals surface area contributed by atoms with E-state index in [4.69, 9.17) is 15.2 Å². The van der Waals surface area contributed by atoms with E-state index in [2.05, 4.69) is 17.1 Å². The summed E-state index contributed by atoms with van der Waals surface area (Å²) < 4.78 is 11.1. The summed E-state index contributed by atoms with van der Waals surface area (Å²) >= 11 is 0. The van der Waals surface area contributed by atoms with Crippen LogP contribution in [0.4, 0.5) is 0 Å². The van der Waals surface area contributed by atoms with Crippen molar-refractivity contribution in [1.82, 2.24) is 4.98 Å². The molecule has 2 heterocycles. The first-order chi connectivity index (χ1) is 9.24. The predicted octanol–water partition coefficient (Wildman–Crippen LogP) is 1.96. The molecule has 4 nitrogen and oxygen atoms in total. The molecule has 1 saturated heterocycles. The van der Waals surface area contributed by atoms with Gasteiger partial charge in [0.05, 0.1) is 31.4 Å². The number of nitrogens with two attached hydrogens (primary N) is 1. The van der Waals surface area contributed by atoms with Crippen LogP contribution < -0.4 is 5.73 Å². The van der Waals surface area contributed by atoms with Crippen molar-refractivity contribution in [2.45, 2.75) is 19.1 Å². The van der Waals surface area contributed by atoms with Gasteiger partial charge in [-0.1, -0.05) is 12.1 Å². The summed E-state index contributed by atoms with van der Waals surface area (Å²) in [6.07, 6.45) is -0.0652. The first-order valence-corrected chi connectivity index (χ1v) is 6.56. The average molecular weight is 258 g/mol. The van der Waals surface area contributed by atoms with Crippen LogP contribution in [0.1, 0.15) is 17.3 Å². The zero-order valence-corrected chi connectivity index (χ0v) is 11.0. The maximum atomic E-state index is 6.27. The number of fused-ring (bicyclic) bond motifs is 1. The molecule has 0 aliphatic carbocycles. The molecule has 19 heavy (non-hydrogen) atoms. The highest BCUT2D eigenvalue weighted by atomic mass is 16.6. The van der Waals surface area contributed by atoms with Crippen LogP contribution in [0.5, 0.6) is 0 Å². The van der Waals surface area contributed by atoms with Crippen molar-refractivity contribution in [1.29, 1.82) is 0 Å². The Hall–Kier alpha value is -1.49. The molecule has 0 radical (unpaired) electrons. The maximum absolute atomic E-state index is 6.27. The molecule has 2 atom stereocenters. The fourth-order valence-electron chi connectivity index (χ4n) is 2.38. The van der Waals surface area contributed by atoms with Crippen LogP contribution in [-0.2, 0) is 9.47 Å². The number of nitrogens with zero attached hydrogens (tertiary/aromatic N) is 1. The highest BCUT2D eigenvalue weighted by molar-refractivity contribution is 5.79. The van der Waals surface area contributed by atoms with Crippen molar-refractivity contribution in [3.63, 3.8) is 0 Å². The van der Waals surface area contributed by atoms with E-state index in [1.54, 1.807) is 0 Å². The van der Waals surface area contributed by atoms with Crippen molar-refractivity contribution in [2.24, 2.45) is 5.73 Å². The molecular weight excluding hydrogens is 240 g/mol. The molecule has 1 aliphatic heterocycles. The first-order valence-electron chi connectivity index (χ1n) is 6.56. The molecule has 0 saturated carbocycles. The lowest BCUT2D eigenvalue weighted by Crippen LogP contribution is -2.37. The fourth-order valence-corrected chi connectivity index (χ4v) is 2.38. The quantitative estimate of drug-likeness (QED) is 0.894. The van der Waals surface area contributed by atoms with Gasteiger partial charge in [-0.05, 0) is 30.7 Å². The van der Waals surface area contributed by atoms with Gasteiger partial charge >= 0.3 is 0 Å². The third-order valence-electron chi connectivity index (χ3n) is 3.48. The SMILES string of the molecule is Cc1ccc2cc(C(N)C3COCCO3)ccc2n1. The number of pyridine rings is 1. The number of aryl methyl sites for hydroxylation is 1. The molecular formula is C15H18N2O2. The molecule has 1 aromatic heterocycles. The van der Waals surface area contributed by atoms with E-state index in [9.17, 15) is 0 Å². The lowest BCUT2D eigenvalue weighted by atomic mass is 10.00. The zero-order valence-electron chi connectivity index (χ0n) is 11.0. The van der Waals surface area contributed by atoms with Crippen molar-refractivity contribution >= 4 is 10.9 Å². The maximum Gasteiger partial charge on any atom is 0.100 e. The molecule has 100 valence electrons. The van der Waals surface area contributed by atoms with Crippen molar-refractivity contribution in [3.8, 4) is 0 Å². The van der Waals surface area contributed by atoms with E-state index < -0.39 is 0 Å². The van der Waals surface area contributed by atoms with Crippen LogP contribution in [-0.4, -0.2) is 30.9 Å². The number of hydrogen-bond acceptors (Lipinski definition) is 4. The molecule has 0 spiro atoms. The van der Waals surface area contributed by atoms with E-state index in [1.807, 2.05) is 25.1 Å². The summed E-state index contributed by atoms with van der Waals surface area (Å²) in [6.45, 7) is 3.83. The highest BCUT2D eigenvalue weighted by Crippen LogP contribution is 2.23. The Balaban J connectivity index is 1.89. The summed E-state index contributed by atoms with van der Waals surface area (Å²) in [5.74, 6) is 0. The van der Waals surface area contributed by atoms with E-state index >= 15 is 0 Å². The monoisotopic (exact) mass is 258 g/mol. The summed E-state index contributed by atoms with van der Waals surface area (Å²) in [6, 6.07) is 10.1. The minimum Gasteiger partial charge on any atom is -0.376 e. The van der Waals surface area contributed by atoms with Gasteiger partial charge in [-0.15, -0.1) is 0 Å². The number of rotatable bonds is 2. The number of benzene rings is 1. The molecule has 1 fully saturated rings. The van der Waals surface area contributed by atoms with Gasteiger partial charge < -0.3 is 15.2 Å². The molecule has 2 N–H and O–H groups in total. The van der Waals surface area contributed by atoms with E-state index in [1.165, 1.54) is 0 Å². The third-order valence-corrected chi connectivity index (χ3v) is 3.48. The van der Waals surface area contributed by atoms with E-state index in [-0.39, 0.29) is 12.1 Å². The smallest absolute Gasteiger partial charge is 0.100 e. The summed E-state index contributed by atoms with van der Waals surface area (Å²) in [5, 5.41) is 1.11. The largest absolute Gasteiger partial charge is 0.376 e. The molecule has 1 aromatic carbocycles. The van der Waals surface area contributed by atoms with Crippen LogP contribution in [0.3, 0.4) is 0 Å². The highest BCUT2D eigenvalue weighted by Gasteiger charge is 2.23. The molecule has 0 amide bonds. The Kier molecular flexibility index (Phi) is 3.46. The van der Waals surface area contributed by atoms with Crippen molar-refractivity contribution in [2.75, 3.05) is 19.8 Å². The van der Waals surface area contributed by atoms with E-state index in [0.29, 0.717) is 19.8 Å². The molecule has 3 rings (SSSR count). The average Bonchev–Trinajstić information content (AvgIpc) is 2.47. The second kappa shape index (κ2) is 5.25. The van der Waals surface area contributed by atoms with Gasteiger partial charge in [0.25, 0.3) is 0 Å². The minimum absolute atomic E-state index is 0.0652. The lowest BCUT2D eigenvalue weighted by Gasteiger charge is -2.28. The van der Waals surface area contributed by atoms with Crippen LogP contribution >= 0.6 is 0 Å². The Bertz CT molecular complexity index is 579. The van der Waals surface area contributed by atoms with Gasteiger partial charge in [0, 0.05) is 11.1 Å². The fraction of sp³-hybridized carbons (Fsp3) is 0.400. The Morgan fingerprint density at radius 3 is 2.95 bits per heavy atom. The van der Waals surface area contributed by atoms with Gasteiger partial charge in [-0.3, -0.25) is 4.98 Å². The Morgan fingerprint density at radius 1 is 1.26 bits per heavy atom. The van der Waals surface area contributed by atoms with E-state index in [0.717, 1.165) is 22.2 Å². The Morgan fingerprint density at radius 2 is 2.16 bits per heavy atom. The zero-order chi connectivity index (χ0) is 13.2. The molecule has 4 heteroatoms.